The molecule has 84 valence electrons. The summed E-state index contributed by atoms with van der Waals surface area (Å²) in [5.74, 6) is 1.43. The second kappa shape index (κ2) is 5.15. The van der Waals surface area contributed by atoms with Crippen LogP contribution >= 0.6 is 0 Å². The summed E-state index contributed by atoms with van der Waals surface area (Å²) in [7, 11) is 3.97. The van der Waals surface area contributed by atoms with Crippen LogP contribution in [0.4, 0.5) is 0 Å². The lowest BCUT2D eigenvalue weighted by molar-refractivity contribution is 0.259. The molecule has 0 amide bonds. The van der Waals surface area contributed by atoms with Gasteiger partial charge in [0.15, 0.2) is 0 Å². The molecule has 15 heavy (non-hydrogen) atoms. The van der Waals surface area contributed by atoms with E-state index in [-0.39, 0.29) is 0 Å². The van der Waals surface area contributed by atoms with E-state index in [1.165, 1.54) is 0 Å². The average molecular weight is 228 g/mol. The smallest absolute Gasteiger partial charge is 0.399 e. The van der Waals surface area contributed by atoms with E-state index in [1.807, 2.05) is 23.6 Å². The van der Waals surface area contributed by atoms with Crippen molar-refractivity contribution in [2.45, 2.75) is 0 Å². The lowest BCUT2D eigenvalue weighted by Crippen LogP contribution is -2.37. The zero-order chi connectivity index (χ0) is 11.3. The summed E-state index contributed by atoms with van der Waals surface area (Å²) in [6, 6.07) is 0. The molecule has 0 spiro atoms. The molecule has 0 radical (unpaired) electrons. The molecule has 0 aromatic heterocycles. The van der Waals surface area contributed by atoms with Crippen LogP contribution < -0.4 is 0 Å². The molecule has 1 heterocycles. The van der Waals surface area contributed by atoms with Crippen molar-refractivity contribution in [3.63, 3.8) is 0 Å². The van der Waals surface area contributed by atoms with Gasteiger partial charge in [-0.15, -0.1) is 0 Å². The van der Waals surface area contributed by atoms with E-state index in [0.717, 1.165) is 0 Å². The van der Waals surface area contributed by atoms with Crippen LogP contribution in [0.1, 0.15) is 0 Å². The molecule has 5 heteroatoms. The molecule has 0 fully saturated rings. The normalized spacial score (nSPS) is 18.9. The first-order valence-corrected chi connectivity index (χ1v) is 6.49. The minimum atomic E-state index is -2.49. The van der Waals surface area contributed by atoms with Gasteiger partial charge in [0, 0.05) is 25.6 Å². The van der Waals surface area contributed by atoms with E-state index in [9.17, 15) is 0 Å². The van der Waals surface area contributed by atoms with Crippen molar-refractivity contribution in [1.29, 1.82) is 0 Å². The maximum Gasteiger partial charge on any atom is 0.399 e. The molecular weight excluding hydrogens is 212 g/mol. The van der Waals surface area contributed by atoms with Gasteiger partial charge in [-0.25, -0.2) is 0 Å². The summed E-state index contributed by atoms with van der Waals surface area (Å²) in [4.78, 5) is 0. The Morgan fingerprint density at radius 1 is 0.800 bits per heavy atom. The fraction of sp³-hybridized carbons (Fsp3) is 0.400. The largest absolute Gasteiger partial charge is 0.497 e. The van der Waals surface area contributed by atoms with E-state index in [1.54, 1.807) is 28.4 Å². The van der Waals surface area contributed by atoms with Gasteiger partial charge in [0.1, 0.15) is 11.5 Å². The number of hydrogen-bond acceptors (Lipinski definition) is 4. The number of rotatable bonds is 4. The molecule has 0 atom stereocenters. The third-order valence-electron chi connectivity index (χ3n) is 2.21. The first-order chi connectivity index (χ1) is 7.19. The van der Waals surface area contributed by atoms with Crippen LogP contribution in [0, 0.1) is 0 Å². The summed E-state index contributed by atoms with van der Waals surface area (Å²) in [6.07, 6.45) is 3.64. The Labute approximate surface area is 91.0 Å². The fourth-order valence-corrected chi connectivity index (χ4v) is 3.21. The first-order valence-electron chi connectivity index (χ1n) is 4.51. The molecule has 4 nitrogen and oxygen atoms in total. The minimum absolute atomic E-state index is 0.716. The van der Waals surface area contributed by atoms with Crippen LogP contribution in [-0.2, 0) is 18.3 Å². The molecular formula is C10H16O4Si. The highest BCUT2D eigenvalue weighted by molar-refractivity contribution is 6.77. The summed E-state index contributed by atoms with van der Waals surface area (Å²) >= 11 is 0. The van der Waals surface area contributed by atoms with Gasteiger partial charge in [-0.1, -0.05) is 0 Å². The van der Waals surface area contributed by atoms with Crippen molar-refractivity contribution in [3.8, 4) is 0 Å². The Bertz CT molecular complexity index is 277. The van der Waals surface area contributed by atoms with E-state index < -0.39 is 8.56 Å². The lowest BCUT2D eigenvalue weighted by Gasteiger charge is -2.20. The van der Waals surface area contributed by atoms with Crippen molar-refractivity contribution in [3.05, 3.63) is 35.1 Å². The van der Waals surface area contributed by atoms with Crippen LogP contribution in [0.5, 0.6) is 0 Å². The Morgan fingerprint density at radius 3 is 1.47 bits per heavy atom. The monoisotopic (exact) mass is 228 g/mol. The summed E-state index contributed by atoms with van der Waals surface area (Å²) in [5, 5.41) is 0. The lowest BCUT2D eigenvalue weighted by atomic mass is 10.4. The molecule has 1 aliphatic rings. The molecule has 0 saturated heterocycles. The second-order valence-corrected chi connectivity index (χ2v) is 5.80. The van der Waals surface area contributed by atoms with Gasteiger partial charge in [-0.05, 0) is 12.2 Å². The molecule has 0 N–H and O–H groups in total. The van der Waals surface area contributed by atoms with Gasteiger partial charge in [-0.2, -0.15) is 0 Å². The van der Waals surface area contributed by atoms with Crippen LogP contribution in [0.25, 0.3) is 0 Å². The van der Waals surface area contributed by atoms with Crippen LogP contribution in [-0.4, -0.2) is 37.0 Å². The average Bonchev–Trinajstić information content (AvgIpc) is 2.48. The van der Waals surface area contributed by atoms with E-state index >= 15 is 0 Å². The highest BCUT2D eigenvalue weighted by Crippen LogP contribution is 2.20. The molecule has 0 aromatic carbocycles. The van der Waals surface area contributed by atoms with E-state index in [2.05, 4.69) is 0 Å². The standard InChI is InChI=1S/C10H16O4Si/c1-11-9-5-6-10(12-2)8-15(7-9,13-3)14-4/h5-8H,1-4H3. The van der Waals surface area contributed by atoms with Crippen molar-refractivity contribution in [1.82, 2.24) is 0 Å². The molecule has 1 aliphatic heterocycles. The first kappa shape index (κ1) is 12.0. The van der Waals surface area contributed by atoms with Gasteiger partial charge in [0.25, 0.3) is 0 Å². The SMILES string of the molecule is COC1=C[Si](OC)(OC)C=C(OC)C=C1. The summed E-state index contributed by atoms with van der Waals surface area (Å²) < 4.78 is 21.2. The maximum absolute atomic E-state index is 5.44. The highest BCUT2D eigenvalue weighted by atomic mass is 28.4. The molecule has 0 saturated carbocycles. The third-order valence-corrected chi connectivity index (χ3v) is 4.86. The maximum atomic E-state index is 5.44. The number of allylic oxidation sites excluding steroid dienone is 2. The topological polar surface area (TPSA) is 36.9 Å². The van der Waals surface area contributed by atoms with Crippen LogP contribution in [0.3, 0.4) is 0 Å². The predicted molar refractivity (Wildman–Crippen MR) is 59.1 cm³/mol. The van der Waals surface area contributed by atoms with Crippen molar-refractivity contribution < 1.29 is 18.3 Å². The van der Waals surface area contributed by atoms with Crippen molar-refractivity contribution >= 4 is 8.56 Å². The molecule has 0 unspecified atom stereocenters. The molecule has 0 aromatic rings. The summed E-state index contributed by atoms with van der Waals surface area (Å²) in [6.45, 7) is 0. The summed E-state index contributed by atoms with van der Waals surface area (Å²) in [5.41, 5.74) is 3.74. The predicted octanol–water partition coefficient (Wildman–Crippen LogP) is 1.43. The minimum Gasteiger partial charge on any atom is -0.497 e. The van der Waals surface area contributed by atoms with E-state index in [0.29, 0.717) is 11.5 Å². The van der Waals surface area contributed by atoms with Crippen molar-refractivity contribution in [2.24, 2.45) is 0 Å². The van der Waals surface area contributed by atoms with Crippen LogP contribution in [0.15, 0.2) is 35.1 Å². The number of methoxy groups -OCH3 is 2. The number of ether oxygens (including phenoxy) is 2. The second-order valence-electron chi connectivity index (χ2n) is 2.96. The number of hydrogen-bond donors (Lipinski definition) is 0. The Balaban J connectivity index is 3.11. The fourth-order valence-electron chi connectivity index (χ4n) is 1.27. The van der Waals surface area contributed by atoms with Crippen molar-refractivity contribution in [2.75, 3.05) is 28.4 Å². The van der Waals surface area contributed by atoms with Gasteiger partial charge in [-0.3, -0.25) is 0 Å². The van der Waals surface area contributed by atoms with Gasteiger partial charge in [0.05, 0.1) is 14.2 Å². The zero-order valence-corrected chi connectivity index (χ0v) is 10.4. The Morgan fingerprint density at radius 2 is 1.20 bits per heavy atom. The zero-order valence-electron chi connectivity index (χ0n) is 9.44. The molecule has 1 rings (SSSR count). The molecule has 0 bridgehead atoms. The Kier molecular flexibility index (Phi) is 4.13. The highest BCUT2D eigenvalue weighted by Gasteiger charge is 2.33. The molecule has 0 aliphatic carbocycles. The van der Waals surface area contributed by atoms with Gasteiger partial charge < -0.3 is 18.3 Å². The van der Waals surface area contributed by atoms with Gasteiger partial charge >= 0.3 is 8.56 Å². The Hall–Kier alpha value is -1.04. The van der Waals surface area contributed by atoms with E-state index in [4.69, 9.17) is 18.3 Å². The van der Waals surface area contributed by atoms with Gasteiger partial charge in [0.2, 0.25) is 0 Å². The van der Waals surface area contributed by atoms with Crippen LogP contribution in [0.2, 0.25) is 0 Å². The quantitative estimate of drug-likeness (QED) is 0.682. The third kappa shape index (κ3) is 2.71.